The van der Waals surface area contributed by atoms with Gasteiger partial charge in [-0.2, -0.15) is 0 Å². The summed E-state index contributed by atoms with van der Waals surface area (Å²) in [5, 5.41) is 6.68. The van der Waals surface area contributed by atoms with Crippen molar-refractivity contribution in [2.45, 2.75) is 33.1 Å². The first-order valence-electron chi connectivity index (χ1n) is 9.02. The number of aliphatic imine (C=N–C) groups is 1. The van der Waals surface area contributed by atoms with Gasteiger partial charge in [0.25, 0.3) is 0 Å². The summed E-state index contributed by atoms with van der Waals surface area (Å²) in [7, 11) is 5.14. The van der Waals surface area contributed by atoms with Gasteiger partial charge >= 0.3 is 0 Å². The van der Waals surface area contributed by atoms with Crippen molar-refractivity contribution in [3.8, 4) is 5.75 Å². The molecule has 1 rings (SSSR count). The molecule has 146 valence electrons. The number of nitrogens with one attached hydrogen (secondary N) is 2. The molecule has 1 aromatic carbocycles. The van der Waals surface area contributed by atoms with Crippen LogP contribution in [0.15, 0.2) is 29.3 Å². The maximum absolute atomic E-state index is 11.8. The van der Waals surface area contributed by atoms with Crippen LogP contribution in [0.4, 0.5) is 0 Å². The maximum Gasteiger partial charge on any atom is 0.243 e. The molecular formula is C20H34N4O2. The molecule has 1 amide bonds. The molecule has 1 aromatic rings. The molecule has 0 saturated heterocycles. The molecule has 0 unspecified atom stereocenters. The Kier molecular flexibility index (Phi) is 8.42. The number of nitrogens with zero attached hydrogens (tertiary/aromatic N) is 2. The average molecular weight is 363 g/mol. The zero-order valence-corrected chi connectivity index (χ0v) is 17.2. The lowest BCUT2D eigenvalue weighted by molar-refractivity contribution is -0.127. The summed E-state index contributed by atoms with van der Waals surface area (Å²) in [6, 6.07) is 8.09. The number of hydrogen-bond donors (Lipinski definition) is 2. The van der Waals surface area contributed by atoms with Crippen molar-refractivity contribution in [2.24, 2.45) is 10.9 Å². The fourth-order valence-electron chi connectivity index (χ4n) is 2.21. The first-order valence-corrected chi connectivity index (χ1v) is 9.02. The molecule has 6 heteroatoms. The summed E-state index contributed by atoms with van der Waals surface area (Å²) in [6.07, 6.45) is 0. The molecule has 0 spiro atoms. The molecule has 0 atom stereocenters. The van der Waals surface area contributed by atoms with E-state index < -0.39 is 0 Å². The van der Waals surface area contributed by atoms with Crippen LogP contribution in [-0.2, 0) is 10.2 Å². The molecule has 2 N–H and O–H groups in total. The molecule has 0 saturated carbocycles. The van der Waals surface area contributed by atoms with Crippen molar-refractivity contribution in [2.75, 3.05) is 40.8 Å². The monoisotopic (exact) mass is 362 g/mol. The number of guanidine groups is 1. The topological polar surface area (TPSA) is 66.0 Å². The van der Waals surface area contributed by atoms with Crippen LogP contribution in [0.3, 0.4) is 0 Å². The number of benzene rings is 1. The second-order valence-electron chi connectivity index (χ2n) is 7.70. The Labute approximate surface area is 158 Å². The average Bonchev–Trinajstić information content (AvgIpc) is 2.60. The summed E-state index contributed by atoms with van der Waals surface area (Å²) in [5.74, 6) is 1.96. The minimum Gasteiger partial charge on any atom is -0.497 e. The number of methoxy groups -OCH3 is 1. The fourth-order valence-corrected chi connectivity index (χ4v) is 2.21. The summed E-state index contributed by atoms with van der Waals surface area (Å²) in [5.41, 5.74) is 1.05. The van der Waals surface area contributed by atoms with Crippen LogP contribution in [0.5, 0.6) is 5.75 Å². The van der Waals surface area contributed by atoms with Crippen LogP contribution >= 0.6 is 0 Å². The SMILES string of the molecule is COc1cccc(C(C)(C)CNC(=NCC(=O)N(C)C)NCC(C)C)c1. The van der Waals surface area contributed by atoms with Gasteiger partial charge in [-0.15, -0.1) is 0 Å². The number of rotatable bonds is 8. The van der Waals surface area contributed by atoms with Gasteiger partial charge in [-0.05, 0) is 23.6 Å². The molecule has 0 aliphatic heterocycles. The highest BCUT2D eigenvalue weighted by atomic mass is 16.5. The number of hydrogen-bond acceptors (Lipinski definition) is 3. The van der Waals surface area contributed by atoms with E-state index >= 15 is 0 Å². The Hall–Kier alpha value is -2.24. The van der Waals surface area contributed by atoms with Crippen LogP contribution in [0, 0.1) is 5.92 Å². The van der Waals surface area contributed by atoms with Gasteiger partial charge in [0.15, 0.2) is 5.96 Å². The van der Waals surface area contributed by atoms with E-state index in [9.17, 15) is 4.79 Å². The molecule has 0 heterocycles. The standard InChI is InChI=1S/C20H34N4O2/c1-15(2)12-21-19(22-13-18(25)24(5)6)23-14-20(3,4)16-9-8-10-17(11-16)26-7/h8-11,15H,12-14H2,1-7H3,(H2,21,22,23). The van der Waals surface area contributed by atoms with Crippen molar-refractivity contribution in [3.63, 3.8) is 0 Å². The van der Waals surface area contributed by atoms with E-state index in [-0.39, 0.29) is 17.9 Å². The normalized spacial score (nSPS) is 12.1. The molecule has 6 nitrogen and oxygen atoms in total. The van der Waals surface area contributed by atoms with Crippen LogP contribution in [0.2, 0.25) is 0 Å². The number of ether oxygens (including phenoxy) is 1. The number of likely N-dealkylation sites (N-methyl/N-ethyl adjacent to an activating group) is 1. The van der Waals surface area contributed by atoms with E-state index in [2.05, 4.69) is 55.5 Å². The number of carbonyl (C=O) groups excluding carboxylic acids is 1. The predicted octanol–water partition coefficient (Wildman–Crippen LogP) is 2.25. The lowest BCUT2D eigenvalue weighted by atomic mass is 9.84. The smallest absolute Gasteiger partial charge is 0.243 e. The molecule has 26 heavy (non-hydrogen) atoms. The molecule has 0 fully saturated rings. The zero-order valence-electron chi connectivity index (χ0n) is 17.2. The van der Waals surface area contributed by atoms with E-state index in [1.54, 1.807) is 26.1 Å². The van der Waals surface area contributed by atoms with Crippen LogP contribution in [0.25, 0.3) is 0 Å². The molecular weight excluding hydrogens is 328 g/mol. The van der Waals surface area contributed by atoms with E-state index in [4.69, 9.17) is 4.74 Å². The summed E-state index contributed by atoms with van der Waals surface area (Å²) < 4.78 is 5.33. The molecule has 0 radical (unpaired) electrons. The Morgan fingerprint density at radius 3 is 2.54 bits per heavy atom. The van der Waals surface area contributed by atoms with Crippen molar-refractivity contribution >= 4 is 11.9 Å². The highest BCUT2D eigenvalue weighted by Crippen LogP contribution is 2.25. The van der Waals surface area contributed by atoms with E-state index in [1.165, 1.54) is 5.56 Å². The van der Waals surface area contributed by atoms with Crippen molar-refractivity contribution in [1.82, 2.24) is 15.5 Å². The second kappa shape index (κ2) is 10.0. The molecule has 0 aliphatic rings. The number of amides is 1. The minimum atomic E-state index is -0.125. The van der Waals surface area contributed by atoms with E-state index in [0.29, 0.717) is 18.4 Å². The summed E-state index contributed by atoms with van der Waals surface area (Å²) in [6.45, 7) is 10.2. The zero-order chi connectivity index (χ0) is 19.7. The lowest BCUT2D eigenvalue weighted by Gasteiger charge is -2.27. The minimum absolute atomic E-state index is 0.0253. The third kappa shape index (κ3) is 7.33. The van der Waals surface area contributed by atoms with Crippen molar-refractivity contribution in [1.29, 1.82) is 0 Å². The van der Waals surface area contributed by atoms with Crippen LogP contribution in [0.1, 0.15) is 33.3 Å². The Balaban J connectivity index is 2.81. The fraction of sp³-hybridized carbons (Fsp3) is 0.600. The third-order valence-corrected chi connectivity index (χ3v) is 4.10. The van der Waals surface area contributed by atoms with Gasteiger partial charge < -0.3 is 20.3 Å². The van der Waals surface area contributed by atoms with Gasteiger partial charge in [0.2, 0.25) is 5.91 Å². The lowest BCUT2D eigenvalue weighted by Crippen LogP contribution is -2.45. The Morgan fingerprint density at radius 2 is 1.96 bits per heavy atom. The molecule has 0 aromatic heterocycles. The number of carbonyl (C=O) groups is 1. The Bertz CT molecular complexity index is 610. The predicted molar refractivity (Wildman–Crippen MR) is 108 cm³/mol. The van der Waals surface area contributed by atoms with Gasteiger partial charge in [0.05, 0.1) is 7.11 Å². The van der Waals surface area contributed by atoms with Crippen molar-refractivity contribution in [3.05, 3.63) is 29.8 Å². The molecule has 0 aliphatic carbocycles. The summed E-state index contributed by atoms with van der Waals surface area (Å²) >= 11 is 0. The van der Waals surface area contributed by atoms with Crippen molar-refractivity contribution < 1.29 is 9.53 Å². The van der Waals surface area contributed by atoms with Crippen LogP contribution in [-0.4, -0.2) is 57.6 Å². The second-order valence-corrected chi connectivity index (χ2v) is 7.70. The quantitative estimate of drug-likeness (QED) is 0.550. The van der Waals surface area contributed by atoms with Gasteiger partial charge in [-0.25, -0.2) is 4.99 Å². The first kappa shape index (κ1) is 21.8. The highest BCUT2D eigenvalue weighted by molar-refractivity contribution is 5.84. The van der Waals surface area contributed by atoms with Gasteiger partial charge in [0.1, 0.15) is 12.3 Å². The first-order chi connectivity index (χ1) is 12.2. The van der Waals surface area contributed by atoms with Crippen LogP contribution < -0.4 is 15.4 Å². The largest absolute Gasteiger partial charge is 0.497 e. The van der Waals surface area contributed by atoms with Gasteiger partial charge in [-0.1, -0.05) is 39.8 Å². The third-order valence-electron chi connectivity index (χ3n) is 4.10. The van der Waals surface area contributed by atoms with Gasteiger partial charge in [0, 0.05) is 32.6 Å². The highest BCUT2D eigenvalue weighted by Gasteiger charge is 2.21. The Morgan fingerprint density at radius 1 is 1.27 bits per heavy atom. The maximum atomic E-state index is 11.8. The van der Waals surface area contributed by atoms with E-state index in [0.717, 1.165) is 12.3 Å². The summed E-state index contributed by atoms with van der Waals surface area (Å²) in [4.78, 5) is 17.8. The van der Waals surface area contributed by atoms with E-state index in [1.807, 2.05) is 12.1 Å². The van der Waals surface area contributed by atoms with Gasteiger partial charge in [-0.3, -0.25) is 4.79 Å². The molecule has 0 bridgehead atoms.